The van der Waals surface area contributed by atoms with Crippen LogP contribution in [0.25, 0.3) is 5.69 Å². The molecule has 1 amide bonds. The minimum absolute atomic E-state index is 0.0322. The maximum atomic E-state index is 12.0. The molecular formula is C16H20N4O2. The van der Waals surface area contributed by atoms with Crippen molar-refractivity contribution in [1.29, 1.82) is 0 Å². The standard InChI is InChI=1S/C16H20N4O2/c1-16(7-2-8-22-16)9-15(21)18-10-13-3-5-14(6-4-13)20-12-17-11-19-20/h3-6,11-12H,2,7-10H2,1H3,(H,18,21). The molecule has 6 heteroatoms. The second-order valence-corrected chi connectivity index (χ2v) is 5.86. The minimum atomic E-state index is -0.291. The van der Waals surface area contributed by atoms with E-state index in [1.807, 2.05) is 31.2 Å². The van der Waals surface area contributed by atoms with E-state index in [4.69, 9.17) is 4.74 Å². The monoisotopic (exact) mass is 300 g/mol. The molecule has 0 aliphatic carbocycles. The number of nitrogens with one attached hydrogen (secondary N) is 1. The zero-order valence-electron chi connectivity index (χ0n) is 12.7. The van der Waals surface area contributed by atoms with Crippen LogP contribution < -0.4 is 5.32 Å². The van der Waals surface area contributed by atoms with Gasteiger partial charge in [0, 0.05) is 13.2 Å². The van der Waals surface area contributed by atoms with E-state index in [1.54, 1.807) is 11.0 Å². The smallest absolute Gasteiger partial charge is 0.223 e. The van der Waals surface area contributed by atoms with Gasteiger partial charge in [0.05, 0.1) is 17.7 Å². The van der Waals surface area contributed by atoms with Crippen molar-refractivity contribution in [3.8, 4) is 5.69 Å². The number of aromatic nitrogens is 3. The average Bonchev–Trinajstić information content (AvgIpc) is 3.17. The van der Waals surface area contributed by atoms with Gasteiger partial charge in [-0.15, -0.1) is 0 Å². The van der Waals surface area contributed by atoms with E-state index >= 15 is 0 Å². The number of ether oxygens (including phenoxy) is 1. The summed E-state index contributed by atoms with van der Waals surface area (Å²) in [6, 6.07) is 7.87. The van der Waals surface area contributed by atoms with E-state index in [1.165, 1.54) is 6.33 Å². The normalized spacial score (nSPS) is 21.0. The van der Waals surface area contributed by atoms with Crippen molar-refractivity contribution >= 4 is 5.91 Å². The number of nitrogens with zero attached hydrogens (tertiary/aromatic N) is 3. The Morgan fingerprint density at radius 3 is 2.86 bits per heavy atom. The highest BCUT2D eigenvalue weighted by Crippen LogP contribution is 2.28. The summed E-state index contributed by atoms with van der Waals surface area (Å²) in [5.41, 5.74) is 1.70. The van der Waals surface area contributed by atoms with Crippen molar-refractivity contribution < 1.29 is 9.53 Å². The zero-order valence-corrected chi connectivity index (χ0v) is 12.7. The van der Waals surface area contributed by atoms with Crippen LogP contribution in [0.3, 0.4) is 0 Å². The number of rotatable bonds is 5. The predicted molar refractivity (Wildman–Crippen MR) is 81.4 cm³/mol. The fourth-order valence-electron chi connectivity index (χ4n) is 2.69. The second kappa shape index (κ2) is 6.27. The maximum absolute atomic E-state index is 12.0. The lowest BCUT2D eigenvalue weighted by Crippen LogP contribution is -2.33. The van der Waals surface area contributed by atoms with E-state index in [9.17, 15) is 4.79 Å². The molecule has 0 radical (unpaired) electrons. The van der Waals surface area contributed by atoms with Gasteiger partial charge in [0.1, 0.15) is 12.7 Å². The molecule has 116 valence electrons. The zero-order chi connectivity index (χ0) is 15.4. The first kappa shape index (κ1) is 14.7. The van der Waals surface area contributed by atoms with Crippen LogP contribution in [0.1, 0.15) is 31.7 Å². The molecule has 0 saturated carbocycles. The summed E-state index contributed by atoms with van der Waals surface area (Å²) in [6.07, 6.45) is 5.56. The summed E-state index contributed by atoms with van der Waals surface area (Å²) in [6.45, 7) is 3.28. The quantitative estimate of drug-likeness (QED) is 0.915. The van der Waals surface area contributed by atoms with Crippen molar-refractivity contribution in [3.63, 3.8) is 0 Å². The first-order chi connectivity index (χ1) is 10.6. The molecule has 1 unspecified atom stereocenters. The van der Waals surface area contributed by atoms with Crippen LogP contribution in [0, 0.1) is 0 Å². The molecule has 22 heavy (non-hydrogen) atoms. The lowest BCUT2D eigenvalue weighted by Gasteiger charge is -2.22. The third kappa shape index (κ3) is 3.51. The highest BCUT2D eigenvalue weighted by atomic mass is 16.5. The number of hydrogen-bond acceptors (Lipinski definition) is 4. The van der Waals surface area contributed by atoms with E-state index in [0.717, 1.165) is 30.7 Å². The Labute approximate surface area is 129 Å². The molecule has 1 N–H and O–H groups in total. The van der Waals surface area contributed by atoms with E-state index in [-0.39, 0.29) is 11.5 Å². The lowest BCUT2D eigenvalue weighted by molar-refractivity contribution is -0.126. The molecule has 3 rings (SSSR count). The van der Waals surface area contributed by atoms with Crippen molar-refractivity contribution in [2.45, 2.75) is 38.3 Å². The number of amides is 1. The van der Waals surface area contributed by atoms with E-state index < -0.39 is 0 Å². The molecular weight excluding hydrogens is 280 g/mol. The van der Waals surface area contributed by atoms with Crippen LogP contribution in [0.5, 0.6) is 0 Å². The van der Waals surface area contributed by atoms with Gasteiger partial charge in [-0.25, -0.2) is 9.67 Å². The molecule has 2 heterocycles. The Hall–Kier alpha value is -2.21. The van der Waals surface area contributed by atoms with Gasteiger partial charge in [0.15, 0.2) is 0 Å². The molecule has 0 spiro atoms. The van der Waals surface area contributed by atoms with Gasteiger partial charge in [-0.05, 0) is 37.5 Å². The number of benzene rings is 1. The van der Waals surface area contributed by atoms with Crippen LogP contribution in [0.15, 0.2) is 36.9 Å². The van der Waals surface area contributed by atoms with Gasteiger partial charge < -0.3 is 10.1 Å². The minimum Gasteiger partial charge on any atom is -0.375 e. The summed E-state index contributed by atoms with van der Waals surface area (Å²) in [5, 5.41) is 7.03. The molecule has 1 atom stereocenters. The fourth-order valence-corrected chi connectivity index (χ4v) is 2.69. The molecule has 2 aromatic rings. The summed E-state index contributed by atoms with van der Waals surface area (Å²) in [4.78, 5) is 15.9. The van der Waals surface area contributed by atoms with Gasteiger partial charge in [0.2, 0.25) is 5.91 Å². The Morgan fingerprint density at radius 1 is 1.41 bits per heavy atom. The molecule has 0 bridgehead atoms. The molecule has 1 aliphatic rings. The first-order valence-corrected chi connectivity index (χ1v) is 7.49. The Bertz CT molecular complexity index is 616. The van der Waals surface area contributed by atoms with Gasteiger partial charge in [-0.1, -0.05) is 12.1 Å². The molecule has 1 saturated heterocycles. The van der Waals surface area contributed by atoms with Crippen molar-refractivity contribution in [3.05, 3.63) is 42.5 Å². The van der Waals surface area contributed by atoms with Crippen molar-refractivity contribution in [1.82, 2.24) is 20.1 Å². The number of carbonyl (C=O) groups is 1. The van der Waals surface area contributed by atoms with Gasteiger partial charge in [0.25, 0.3) is 0 Å². The van der Waals surface area contributed by atoms with E-state index in [2.05, 4.69) is 15.4 Å². The van der Waals surface area contributed by atoms with Gasteiger partial charge in [-0.2, -0.15) is 5.10 Å². The average molecular weight is 300 g/mol. The topological polar surface area (TPSA) is 69.0 Å². The molecule has 1 aliphatic heterocycles. The number of carbonyl (C=O) groups excluding carboxylic acids is 1. The highest BCUT2D eigenvalue weighted by Gasteiger charge is 2.32. The molecule has 1 fully saturated rings. The van der Waals surface area contributed by atoms with Crippen LogP contribution >= 0.6 is 0 Å². The van der Waals surface area contributed by atoms with Crippen LogP contribution in [0.2, 0.25) is 0 Å². The first-order valence-electron chi connectivity index (χ1n) is 7.49. The van der Waals surface area contributed by atoms with E-state index in [0.29, 0.717) is 13.0 Å². The Balaban J connectivity index is 1.52. The third-order valence-corrected chi connectivity index (χ3v) is 3.94. The number of hydrogen-bond donors (Lipinski definition) is 1. The Morgan fingerprint density at radius 2 is 2.23 bits per heavy atom. The van der Waals surface area contributed by atoms with Crippen molar-refractivity contribution in [2.24, 2.45) is 0 Å². The highest BCUT2D eigenvalue weighted by molar-refractivity contribution is 5.77. The second-order valence-electron chi connectivity index (χ2n) is 5.86. The summed E-state index contributed by atoms with van der Waals surface area (Å²) in [5.74, 6) is 0.0322. The van der Waals surface area contributed by atoms with Crippen molar-refractivity contribution in [2.75, 3.05) is 6.61 Å². The SMILES string of the molecule is CC1(CC(=O)NCc2ccc(-n3cncn3)cc2)CCCO1. The maximum Gasteiger partial charge on any atom is 0.223 e. The molecule has 1 aromatic heterocycles. The van der Waals surface area contributed by atoms with Crippen LogP contribution in [0.4, 0.5) is 0 Å². The fraction of sp³-hybridized carbons (Fsp3) is 0.438. The van der Waals surface area contributed by atoms with Gasteiger partial charge >= 0.3 is 0 Å². The summed E-state index contributed by atoms with van der Waals surface area (Å²) >= 11 is 0. The molecule has 1 aromatic carbocycles. The predicted octanol–water partition coefficient (Wildman–Crippen LogP) is 1.84. The lowest BCUT2D eigenvalue weighted by atomic mass is 9.98. The summed E-state index contributed by atoms with van der Waals surface area (Å²) < 4.78 is 7.34. The van der Waals surface area contributed by atoms with Gasteiger partial charge in [-0.3, -0.25) is 4.79 Å². The van der Waals surface area contributed by atoms with Crippen LogP contribution in [-0.2, 0) is 16.1 Å². The largest absolute Gasteiger partial charge is 0.375 e. The molecule has 6 nitrogen and oxygen atoms in total. The third-order valence-electron chi connectivity index (χ3n) is 3.94. The Kier molecular flexibility index (Phi) is 4.20. The summed E-state index contributed by atoms with van der Waals surface area (Å²) in [7, 11) is 0. The van der Waals surface area contributed by atoms with Crippen LogP contribution in [-0.4, -0.2) is 32.9 Å².